The molecule has 0 amide bonds. The van der Waals surface area contributed by atoms with Crippen molar-refractivity contribution in [3.8, 4) is 0 Å². The molecule has 0 bridgehead atoms. The van der Waals surface area contributed by atoms with Crippen molar-refractivity contribution in [1.82, 2.24) is 14.7 Å². The van der Waals surface area contributed by atoms with Crippen LogP contribution in [0.15, 0.2) is 17.8 Å². The van der Waals surface area contributed by atoms with Crippen LogP contribution < -0.4 is 5.32 Å². The highest BCUT2D eigenvalue weighted by atomic mass is 32.2. The molecule has 1 saturated carbocycles. The lowest BCUT2D eigenvalue weighted by molar-refractivity contribution is 0.528. The number of fused-ring (bicyclic) bond motifs is 1. The van der Waals surface area contributed by atoms with Crippen molar-refractivity contribution in [2.75, 3.05) is 5.75 Å². The molecule has 2 aromatic rings. The molecule has 0 radical (unpaired) electrons. The van der Waals surface area contributed by atoms with Crippen molar-refractivity contribution >= 4 is 28.1 Å². The maximum absolute atomic E-state index is 4.62. The van der Waals surface area contributed by atoms with Crippen LogP contribution in [0.4, 0.5) is 0 Å². The van der Waals surface area contributed by atoms with Crippen molar-refractivity contribution < 1.29 is 0 Å². The molecule has 98 valence electrons. The molecule has 0 saturated heterocycles. The van der Waals surface area contributed by atoms with Gasteiger partial charge in [-0.25, -0.2) is 4.98 Å². The zero-order chi connectivity index (χ0) is 12.4. The zero-order valence-electron chi connectivity index (χ0n) is 10.6. The SMILES string of the molecule is CCSC1CCCC1NCc1cn2ccsc2n1. The summed E-state index contributed by atoms with van der Waals surface area (Å²) in [6.45, 7) is 3.16. The minimum absolute atomic E-state index is 0.676. The van der Waals surface area contributed by atoms with E-state index in [0.717, 1.165) is 22.4 Å². The number of nitrogens with zero attached hydrogens (tertiary/aromatic N) is 2. The van der Waals surface area contributed by atoms with Crippen LogP contribution in [-0.2, 0) is 6.54 Å². The molecule has 0 spiro atoms. The zero-order valence-corrected chi connectivity index (χ0v) is 12.3. The predicted molar refractivity (Wildman–Crippen MR) is 79.5 cm³/mol. The van der Waals surface area contributed by atoms with E-state index < -0.39 is 0 Å². The Labute approximate surface area is 116 Å². The highest BCUT2D eigenvalue weighted by Gasteiger charge is 2.26. The highest BCUT2D eigenvalue weighted by molar-refractivity contribution is 7.99. The first-order valence-corrected chi connectivity index (χ1v) is 8.55. The summed E-state index contributed by atoms with van der Waals surface area (Å²) in [4.78, 5) is 5.71. The normalized spacial score (nSPS) is 24.1. The van der Waals surface area contributed by atoms with E-state index in [0.29, 0.717) is 6.04 Å². The van der Waals surface area contributed by atoms with Crippen LogP contribution in [-0.4, -0.2) is 26.4 Å². The minimum atomic E-state index is 0.676. The van der Waals surface area contributed by atoms with E-state index in [4.69, 9.17) is 0 Å². The number of thioether (sulfide) groups is 1. The summed E-state index contributed by atoms with van der Waals surface area (Å²) >= 11 is 3.80. The van der Waals surface area contributed by atoms with E-state index in [2.05, 4.69) is 51.2 Å². The Morgan fingerprint density at radius 2 is 2.50 bits per heavy atom. The maximum atomic E-state index is 4.62. The van der Waals surface area contributed by atoms with Gasteiger partial charge in [-0.15, -0.1) is 11.3 Å². The first-order valence-electron chi connectivity index (χ1n) is 6.63. The van der Waals surface area contributed by atoms with Crippen molar-refractivity contribution in [3.05, 3.63) is 23.5 Å². The van der Waals surface area contributed by atoms with Gasteiger partial charge in [0.1, 0.15) is 0 Å². The smallest absolute Gasteiger partial charge is 0.193 e. The Morgan fingerprint density at radius 1 is 1.56 bits per heavy atom. The summed E-state index contributed by atoms with van der Waals surface area (Å²) in [5.41, 5.74) is 1.16. The molecule has 2 atom stereocenters. The van der Waals surface area contributed by atoms with Gasteiger partial charge in [0.05, 0.1) is 5.69 Å². The van der Waals surface area contributed by atoms with Crippen molar-refractivity contribution in [2.24, 2.45) is 0 Å². The summed E-state index contributed by atoms with van der Waals surface area (Å²) < 4.78 is 2.11. The molecule has 1 fully saturated rings. The van der Waals surface area contributed by atoms with Crippen LogP contribution in [0.1, 0.15) is 31.9 Å². The highest BCUT2D eigenvalue weighted by Crippen LogP contribution is 2.30. The van der Waals surface area contributed by atoms with Crippen LogP contribution in [0.5, 0.6) is 0 Å². The van der Waals surface area contributed by atoms with Crippen LogP contribution in [0.25, 0.3) is 4.96 Å². The first kappa shape index (κ1) is 12.5. The van der Waals surface area contributed by atoms with Crippen LogP contribution in [0.3, 0.4) is 0 Å². The lowest BCUT2D eigenvalue weighted by Gasteiger charge is -2.19. The molecule has 18 heavy (non-hydrogen) atoms. The van der Waals surface area contributed by atoms with Gasteiger partial charge in [-0.3, -0.25) is 4.40 Å². The Balaban J connectivity index is 1.58. The van der Waals surface area contributed by atoms with E-state index in [9.17, 15) is 0 Å². The van der Waals surface area contributed by atoms with Gasteiger partial charge in [0.25, 0.3) is 0 Å². The van der Waals surface area contributed by atoms with Crippen molar-refractivity contribution in [2.45, 2.75) is 44.0 Å². The fourth-order valence-electron chi connectivity index (χ4n) is 2.67. The topological polar surface area (TPSA) is 29.3 Å². The monoisotopic (exact) mass is 281 g/mol. The number of hydrogen-bond acceptors (Lipinski definition) is 4. The largest absolute Gasteiger partial charge is 0.307 e. The van der Waals surface area contributed by atoms with Gasteiger partial charge in [0, 0.05) is 35.6 Å². The van der Waals surface area contributed by atoms with Gasteiger partial charge in [-0.05, 0) is 18.6 Å². The van der Waals surface area contributed by atoms with E-state index in [1.807, 2.05) is 0 Å². The fourth-order valence-corrected chi connectivity index (χ4v) is 4.62. The standard InChI is InChI=1S/C13H19N3S2/c1-2-17-12-5-3-4-11(12)14-8-10-9-16-6-7-18-13(16)15-10/h6-7,9,11-12,14H,2-5,8H2,1H3. The van der Waals surface area contributed by atoms with Gasteiger partial charge >= 0.3 is 0 Å². The van der Waals surface area contributed by atoms with Crippen LogP contribution >= 0.6 is 23.1 Å². The second kappa shape index (κ2) is 5.63. The third-order valence-corrected chi connectivity index (χ3v) is 5.62. The van der Waals surface area contributed by atoms with Crippen LogP contribution in [0.2, 0.25) is 0 Å². The molecule has 2 unspecified atom stereocenters. The Hall–Kier alpha value is -0.520. The number of nitrogens with one attached hydrogen (secondary N) is 1. The van der Waals surface area contributed by atoms with Crippen molar-refractivity contribution in [3.63, 3.8) is 0 Å². The predicted octanol–water partition coefficient (Wildman–Crippen LogP) is 3.16. The van der Waals surface area contributed by atoms with E-state index in [-0.39, 0.29) is 0 Å². The fraction of sp³-hybridized carbons (Fsp3) is 0.615. The minimum Gasteiger partial charge on any atom is -0.307 e. The van der Waals surface area contributed by atoms with Gasteiger partial charge in [0.15, 0.2) is 4.96 Å². The van der Waals surface area contributed by atoms with Gasteiger partial charge in [-0.1, -0.05) is 13.3 Å². The van der Waals surface area contributed by atoms with Gasteiger partial charge < -0.3 is 5.32 Å². The van der Waals surface area contributed by atoms with Crippen LogP contribution in [0, 0.1) is 0 Å². The van der Waals surface area contributed by atoms with Gasteiger partial charge in [-0.2, -0.15) is 11.8 Å². The average molecular weight is 281 g/mol. The molecule has 2 heterocycles. The second-order valence-electron chi connectivity index (χ2n) is 4.74. The number of imidazole rings is 1. The first-order chi connectivity index (χ1) is 8.86. The number of rotatable bonds is 5. The Bertz CT molecular complexity index is 477. The average Bonchev–Trinajstić information content (AvgIpc) is 3.01. The second-order valence-corrected chi connectivity index (χ2v) is 7.13. The molecular weight excluding hydrogens is 262 g/mol. The summed E-state index contributed by atoms with van der Waals surface area (Å²) in [5.74, 6) is 1.23. The quantitative estimate of drug-likeness (QED) is 0.913. The number of thiazole rings is 1. The Morgan fingerprint density at radius 3 is 3.33 bits per heavy atom. The molecule has 1 aliphatic carbocycles. The maximum Gasteiger partial charge on any atom is 0.193 e. The van der Waals surface area contributed by atoms with E-state index >= 15 is 0 Å². The van der Waals surface area contributed by atoms with E-state index in [1.165, 1.54) is 25.0 Å². The lowest BCUT2D eigenvalue weighted by Crippen LogP contribution is -2.33. The lowest BCUT2D eigenvalue weighted by atomic mass is 10.2. The number of hydrogen-bond donors (Lipinski definition) is 1. The summed E-state index contributed by atoms with van der Waals surface area (Å²) in [6, 6.07) is 0.676. The third-order valence-electron chi connectivity index (χ3n) is 3.52. The molecule has 0 aliphatic heterocycles. The number of aromatic nitrogens is 2. The molecule has 5 heteroatoms. The molecule has 3 rings (SSSR count). The molecule has 1 N–H and O–H groups in total. The molecule has 0 aromatic carbocycles. The van der Waals surface area contributed by atoms with E-state index in [1.54, 1.807) is 11.3 Å². The van der Waals surface area contributed by atoms with Gasteiger partial charge in [0.2, 0.25) is 0 Å². The summed E-state index contributed by atoms with van der Waals surface area (Å²) in [7, 11) is 0. The summed E-state index contributed by atoms with van der Waals surface area (Å²) in [6.07, 6.45) is 8.26. The molecule has 3 nitrogen and oxygen atoms in total. The summed E-state index contributed by atoms with van der Waals surface area (Å²) in [5, 5.41) is 6.57. The van der Waals surface area contributed by atoms with Crippen molar-refractivity contribution in [1.29, 1.82) is 0 Å². The molecule has 2 aromatic heterocycles. The molecular formula is C13H19N3S2. The Kier molecular flexibility index (Phi) is 3.91. The molecule has 1 aliphatic rings. The third kappa shape index (κ3) is 2.58.